The molecule has 0 N–H and O–H groups in total. The van der Waals surface area contributed by atoms with E-state index in [-0.39, 0.29) is 0 Å². The van der Waals surface area contributed by atoms with E-state index in [0.29, 0.717) is 17.4 Å². The molecule has 0 aromatic carbocycles. The molecule has 0 amide bonds. The Hall–Kier alpha value is -0.300. The fourth-order valence-corrected chi connectivity index (χ4v) is 4.65. The summed E-state index contributed by atoms with van der Waals surface area (Å²) in [4.78, 5) is 0. The fraction of sp³-hybridized carbons (Fsp3) is 0.846. The molecule has 78 valence electrons. The average molecular weight is 192 g/mol. The lowest BCUT2D eigenvalue weighted by atomic mass is 9.60. The number of methoxy groups -OCH3 is 1. The predicted molar refractivity (Wildman–Crippen MR) is 57.0 cm³/mol. The zero-order valence-corrected chi connectivity index (χ0v) is 9.25. The Balaban J connectivity index is 2.04. The van der Waals surface area contributed by atoms with E-state index < -0.39 is 0 Å². The minimum absolute atomic E-state index is 0.423. The van der Waals surface area contributed by atoms with Crippen LogP contribution in [0.25, 0.3) is 0 Å². The van der Waals surface area contributed by atoms with E-state index in [0.717, 1.165) is 11.8 Å². The van der Waals surface area contributed by atoms with Crippen molar-refractivity contribution in [3.8, 4) is 0 Å². The van der Waals surface area contributed by atoms with Crippen LogP contribution in [0.3, 0.4) is 0 Å². The van der Waals surface area contributed by atoms with Crippen molar-refractivity contribution in [3.05, 3.63) is 12.2 Å². The third-order valence-corrected chi connectivity index (χ3v) is 5.28. The summed E-state index contributed by atoms with van der Waals surface area (Å²) in [6, 6.07) is 0. The van der Waals surface area contributed by atoms with Crippen molar-refractivity contribution < 1.29 is 4.74 Å². The summed E-state index contributed by atoms with van der Waals surface area (Å²) in [6.45, 7) is 6.78. The van der Waals surface area contributed by atoms with Gasteiger partial charge in [0.15, 0.2) is 0 Å². The van der Waals surface area contributed by atoms with E-state index in [9.17, 15) is 0 Å². The third-order valence-electron chi connectivity index (χ3n) is 5.28. The van der Waals surface area contributed by atoms with Gasteiger partial charge in [-0.05, 0) is 36.5 Å². The molecule has 0 unspecified atom stereocenters. The maximum atomic E-state index is 5.71. The lowest BCUT2D eigenvalue weighted by Gasteiger charge is -2.44. The van der Waals surface area contributed by atoms with Crippen LogP contribution in [0, 0.1) is 23.2 Å². The van der Waals surface area contributed by atoms with Crippen LogP contribution < -0.4 is 0 Å². The van der Waals surface area contributed by atoms with Crippen LogP contribution in [0.2, 0.25) is 0 Å². The SMILES string of the molecule is C=C1[C@H]2C[C@@H]3CCC[C@]1(C)[C@H]3[C@@H]2OC. The van der Waals surface area contributed by atoms with Crippen molar-refractivity contribution in [2.45, 2.75) is 38.7 Å². The van der Waals surface area contributed by atoms with Crippen molar-refractivity contribution in [2.24, 2.45) is 23.2 Å². The summed E-state index contributed by atoms with van der Waals surface area (Å²) in [5.41, 5.74) is 1.93. The maximum absolute atomic E-state index is 5.71. The minimum Gasteiger partial charge on any atom is -0.381 e. The quantitative estimate of drug-likeness (QED) is 0.580. The Bertz CT molecular complexity index is 283. The van der Waals surface area contributed by atoms with E-state index >= 15 is 0 Å². The van der Waals surface area contributed by atoms with Gasteiger partial charge < -0.3 is 4.74 Å². The van der Waals surface area contributed by atoms with Crippen molar-refractivity contribution in [1.29, 1.82) is 0 Å². The third kappa shape index (κ3) is 0.809. The highest BCUT2D eigenvalue weighted by Crippen LogP contribution is 2.66. The molecule has 3 aliphatic rings. The Kier molecular flexibility index (Phi) is 1.69. The molecule has 3 fully saturated rings. The Morgan fingerprint density at radius 2 is 2.29 bits per heavy atom. The first-order chi connectivity index (χ1) is 6.68. The van der Waals surface area contributed by atoms with Gasteiger partial charge in [0, 0.05) is 13.0 Å². The van der Waals surface area contributed by atoms with Crippen molar-refractivity contribution >= 4 is 0 Å². The van der Waals surface area contributed by atoms with E-state index in [1.165, 1.54) is 31.3 Å². The van der Waals surface area contributed by atoms with Crippen LogP contribution in [-0.4, -0.2) is 13.2 Å². The summed E-state index contributed by atoms with van der Waals surface area (Å²) in [6.07, 6.45) is 6.04. The Labute approximate surface area is 86.5 Å². The first-order valence-corrected chi connectivity index (χ1v) is 5.90. The molecular weight excluding hydrogens is 172 g/mol. The topological polar surface area (TPSA) is 9.23 Å². The van der Waals surface area contributed by atoms with Crippen molar-refractivity contribution in [3.63, 3.8) is 0 Å². The van der Waals surface area contributed by atoms with Crippen molar-refractivity contribution in [1.82, 2.24) is 0 Å². The molecule has 0 radical (unpaired) electrons. The zero-order chi connectivity index (χ0) is 9.92. The second kappa shape index (κ2) is 2.63. The maximum Gasteiger partial charge on any atom is 0.0675 e. The van der Waals surface area contributed by atoms with E-state index in [1.54, 1.807) is 0 Å². The highest BCUT2D eigenvalue weighted by molar-refractivity contribution is 5.30. The van der Waals surface area contributed by atoms with E-state index in [4.69, 9.17) is 4.74 Å². The highest BCUT2D eigenvalue weighted by atomic mass is 16.5. The zero-order valence-electron chi connectivity index (χ0n) is 9.25. The summed E-state index contributed by atoms with van der Waals surface area (Å²) < 4.78 is 5.71. The van der Waals surface area contributed by atoms with Gasteiger partial charge in [0.05, 0.1) is 6.10 Å². The second-order valence-corrected chi connectivity index (χ2v) is 5.66. The van der Waals surface area contributed by atoms with Gasteiger partial charge in [-0.15, -0.1) is 0 Å². The molecule has 3 saturated carbocycles. The number of rotatable bonds is 1. The average Bonchev–Trinajstić information content (AvgIpc) is 2.63. The van der Waals surface area contributed by atoms with Gasteiger partial charge >= 0.3 is 0 Å². The lowest BCUT2D eigenvalue weighted by molar-refractivity contribution is 0.0147. The summed E-state index contributed by atoms with van der Waals surface area (Å²) in [5.74, 6) is 2.41. The molecule has 3 aliphatic carbocycles. The first kappa shape index (κ1) is 8.96. The van der Waals surface area contributed by atoms with Crippen molar-refractivity contribution in [2.75, 3.05) is 7.11 Å². The van der Waals surface area contributed by atoms with Gasteiger partial charge in [0.25, 0.3) is 0 Å². The number of fused-ring (bicyclic) bond motifs is 1. The minimum atomic E-state index is 0.423. The Morgan fingerprint density at radius 3 is 2.93 bits per heavy atom. The molecule has 0 heterocycles. The number of ether oxygens (including phenoxy) is 1. The molecule has 1 nitrogen and oxygen atoms in total. The predicted octanol–water partition coefficient (Wildman–Crippen LogP) is 3.01. The van der Waals surface area contributed by atoms with E-state index in [2.05, 4.69) is 13.5 Å². The Morgan fingerprint density at radius 1 is 1.50 bits per heavy atom. The summed E-state index contributed by atoms with van der Waals surface area (Å²) >= 11 is 0. The van der Waals surface area contributed by atoms with Gasteiger partial charge in [0.2, 0.25) is 0 Å². The molecule has 0 saturated heterocycles. The van der Waals surface area contributed by atoms with Gasteiger partial charge in [-0.25, -0.2) is 0 Å². The van der Waals surface area contributed by atoms with Gasteiger partial charge in [-0.3, -0.25) is 0 Å². The monoisotopic (exact) mass is 192 g/mol. The number of hydrogen-bond donors (Lipinski definition) is 0. The molecule has 5 atom stereocenters. The fourth-order valence-electron chi connectivity index (χ4n) is 4.65. The summed E-state index contributed by atoms with van der Waals surface area (Å²) in [5, 5.41) is 0. The molecule has 3 rings (SSSR count). The van der Waals surface area contributed by atoms with Crippen LogP contribution in [0.1, 0.15) is 32.6 Å². The van der Waals surface area contributed by atoms with Gasteiger partial charge in [0.1, 0.15) is 0 Å². The first-order valence-electron chi connectivity index (χ1n) is 5.90. The summed E-state index contributed by atoms with van der Waals surface area (Å²) in [7, 11) is 1.88. The van der Waals surface area contributed by atoms with E-state index in [1.807, 2.05) is 7.11 Å². The molecule has 2 bridgehead atoms. The molecule has 0 aromatic heterocycles. The molecular formula is C13H20O. The van der Waals surface area contributed by atoms with Crippen LogP contribution >= 0.6 is 0 Å². The molecule has 0 aliphatic heterocycles. The van der Waals surface area contributed by atoms with Crippen LogP contribution in [-0.2, 0) is 4.74 Å². The van der Waals surface area contributed by atoms with Gasteiger partial charge in [-0.2, -0.15) is 0 Å². The standard InChI is InChI=1S/C13H20O/c1-8-10-7-9-5-4-6-13(8,2)11(9)12(10)14-3/h9-12H,1,4-7H2,2-3H3/t9-,10+,11+,12+,13-/m0/s1. The molecule has 0 spiro atoms. The lowest BCUT2D eigenvalue weighted by Crippen LogP contribution is -2.37. The highest BCUT2D eigenvalue weighted by Gasteiger charge is 2.62. The largest absolute Gasteiger partial charge is 0.381 e. The molecule has 0 aromatic rings. The van der Waals surface area contributed by atoms with Gasteiger partial charge in [-0.1, -0.05) is 25.5 Å². The molecule has 1 heteroatoms. The van der Waals surface area contributed by atoms with Crippen LogP contribution in [0.5, 0.6) is 0 Å². The second-order valence-electron chi connectivity index (χ2n) is 5.66. The number of hydrogen-bond acceptors (Lipinski definition) is 1. The molecule has 14 heavy (non-hydrogen) atoms. The van der Waals surface area contributed by atoms with Crippen LogP contribution in [0.15, 0.2) is 12.2 Å². The van der Waals surface area contributed by atoms with Crippen LogP contribution in [0.4, 0.5) is 0 Å². The normalized spacial score (nSPS) is 55.4. The smallest absolute Gasteiger partial charge is 0.0675 e.